The molecule has 0 aliphatic carbocycles. The summed E-state index contributed by atoms with van der Waals surface area (Å²) in [5.41, 5.74) is -2.22. The van der Waals surface area contributed by atoms with E-state index >= 15 is 4.39 Å². The highest BCUT2D eigenvalue weighted by molar-refractivity contribution is 6.07. The van der Waals surface area contributed by atoms with Gasteiger partial charge in [0.1, 0.15) is 11.5 Å². The number of aliphatic carboxylic acids is 1. The fourth-order valence-corrected chi connectivity index (χ4v) is 6.89. The summed E-state index contributed by atoms with van der Waals surface area (Å²) >= 11 is 0. The first-order valence-corrected chi connectivity index (χ1v) is 18.1. The maximum absolute atomic E-state index is 15.1. The van der Waals surface area contributed by atoms with Crippen LogP contribution in [0.5, 0.6) is 28.7 Å². The number of aromatic nitrogens is 2. The van der Waals surface area contributed by atoms with E-state index in [2.05, 4.69) is 9.47 Å². The number of aromatic hydroxyl groups is 2. The number of carboxylic acid groups (broad SMARTS) is 1. The number of halogens is 10. The van der Waals surface area contributed by atoms with Crippen molar-refractivity contribution in [2.24, 2.45) is 5.41 Å². The average Bonchev–Trinajstić information content (AvgIpc) is 3.59. The number of benzene rings is 4. The van der Waals surface area contributed by atoms with Gasteiger partial charge in [-0.25, -0.2) is 17.6 Å². The lowest BCUT2D eigenvalue weighted by atomic mass is 9.75. The van der Waals surface area contributed by atoms with E-state index in [1.54, 1.807) is 20.8 Å². The van der Waals surface area contributed by atoms with Gasteiger partial charge in [0.05, 0.1) is 28.0 Å². The van der Waals surface area contributed by atoms with Gasteiger partial charge in [0, 0.05) is 41.3 Å². The molecule has 0 bridgehead atoms. The van der Waals surface area contributed by atoms with Crippen molar-refractivity contribution >= 4 is 45.6 Å². The Labute approximate surface area is 353 Å². The fraction of sp³-hybridized carbons (Fsp3) is 0.238. The molecule has 6 rings (SSSR count). The number of rotatable bonds is 7. The standard InChI is InChI=1S/C23H20F5NO5.C19H12F5NO5/c1-10-15(17(21(32)33)22(2,3)4)16-14(9-13(24)19(30)18(16)25)29(10)20(31)11-5-7-12(8-6-11)34-23(26,27)28;1-8-17(29-9(2)26)14-13(7-12(20)16(27)15(14)21)25(8)18(28)10-3-5-11(6-4-10)30-19(22,23)24/h5-9,17,30H,1-4H3,(H,32,33);3-7,27H,1-2H3. The Morgan fingerprint density at radius 1 is 0.625 bits per heavy atom. The molecular formula is C42H32F10N2O10. The summed E-state index contributed by atoms with van der Waals surface area (Å²) in [4.78, 5) is 49.8. The van der Waals surface area contributed by atoms with Crippen LogP contribution in [0.4, 0.5) is 43.9 Å². The molecule has 6 aromatic rings. The third-order valence-electron chi connectivity index (χ3n) is 9.44. The number of hydrogen-bond donors (Lipinski definition) is 3. The van der Waals surface area contributed by atoms with E-state index in [4.69, 9.17) is 4.74 Å². The Morgan fingerprint density at radius 2 is 1.00 bits per heavy atom. The van der Waals surface area contributed by atoms with Crippen LogP contribution in [-0.4, -0.2) is 60.9 Å². The molecule has 2 heterocycles. The molecule has 0 aliphatic rings. The zero-order chi connectivity index (χ0) is 48.1. The first kappa shape index (κ1) is 47.8. The van der Waals surface area contributed by atoms with E-state index < -0.39 is 111 Å². The predicted octanol–water partition coefficient (Wildman–Crippen LogP) is 10.2. The first-order valence-electron chi connectivity index (χ1n) is 18.1. The maximum atomic E-state index is 15.1. The van der Waals surface area contributed by atoms with Crippen LogP contribution in [0.25, 0.3) is 21.8 Å². The number of carboxylic acids is 1. The number of carbonyl (C=O) groups excluding carboxylic acids is 3. The topological polar surface area (TPSA) is 167 Å². The van der Waals surface area contributed by atoms with Gasteiger partial charge in [-0.05, 0) is 73.4 Å². The lowest BCUT2D eigenvalue weighted by Crippen LogP contribution is -2.27. The van der Waals surface area contributed by atoms with Crippen LogP contribution in [0, 0.1) is 42.5 Å². The summed E-state index contributed by atoms with van der Waals surface area (Å²) in [5.74, 6) is -15.1. The summed E-state index contributed by atoms with van der Waals surface area (Å²) < 4.78 is 146. The van der Waals surface area contributed by atoms with E-state index in [9.17, 15) is 74.0 Å². The first-order chi connectivity index (χ1) is 29.4. The second kappa shape index (κ2) is 17.1. The number of hydrogen-bond acceptors (Lipinski definition) is 9. The van der Waals surface area contributed by atoms with Crippen molar-refractivity contribution in [3.8, 4) is 28.7 Å². The van der Waals surface area contributed by atoms with Gasteiger partial charge in [-0.15, -0.1) is 26.3 Å². The van der Waals surface area contributed by atoms with Crippen LogP contribution in [0.1, 0.15) is 71.3 Å². The monoisotopic (exact) mass is 914 g/mol. The lowest BCUT2D eigenvalue weighted by Gasteiger charge is -2.28. The molecule has 1 atom stereocenters. The molecule has 2 aromatic heterocycles. The van der Waals surface area contributed by atoms with Gasteiger partial charge in [0.2, 0.25) is 0 Å². The third kappa shape index (κ3) is 9.54. The Hall–Kier alpha value is -7.26. The summed E-state index contributed by atoms with van der Waals surface area (Å²) in [6, 6.07) is 9.04. The van der Waals surface area contributed by atoms with Crippen molar-refractivity contribution < 1.29 is 92.6 Å². The summed E-state index contributed by atoms with van der Waals surface area (Å²) in [5, 5.41) is 28.3. The summed E-state index contributed by atoms with van der Waals surface area (Å²) in [6.07, 6.45) is -9.86. The minimum absolute atomic E-state index is 0.0261. The lowest BCUT2D eigenvalue weighted by molar-refractivity contribution is -0.275. The average molecular weight is 915 g/mol. The molecule has 12 nitrogen and oxygen atoms in total. The molecule has 1 unspecified atom stereocenters. The van der Waals surface area contributed by atoms with Gasteiger partial charge in [-0.2, -0.15) is 0 Å². The van der Waals surface area contributed by atoms with Crippen molar-refractivity contribution in [2.75, 3.05) is 0 Å². The molecule has 4 aromatic carbocycles. The Balaban J connectivity index is 0.000000243. The molecule has 3 N–H and O–H groups in total. The molecular weight excluding hydrogens is 882 g/mol. The fourth-order valence-electron chi connectivity index (χ4n) is 6.89. The highest BCUT2D eigenvalue weighted by Gasteiger charge is 2.40. The van der Waals surface area contributed by atoms with Gasteiger partial charge in [-0.3, -0.25) is 28.3 Å². The molecule has 0 saturated heterocycles. The molecule has 0 spiro atoms. The van der Waals surface area contributed by atoms with Crippen LogP contribution >= 0.6 is 0 Å². The highest BCUT2D eigenvalue weighted by Crippen LogP contribution is 2.45. The van der Waals surface area contributed by atoms with Crippen LogP contribution in [0.15, 0.2) is 60.7 Å². The molecule has 22 heteroatoms. The number of phenolic OH excluding ortho intramolecular Hbond substituents is 2. The maximum Gasteiger partial charge on any atom is 0.573 e. The second-order valence-corrected chi connectivity index (χ2v) is 14.9. The normalized spacial score (nSPS) is 12.4. The minimum atomic E-state index is -4.94. The Kier molecular flexibility index (Phi) is 12.8. The largest absolute Gasteiger partial charge is 0.573 e. The third-order valence-corrected chi connectivity index (χ3v) is 9.44. The van der Waals surface area contributed by atoms with Gasteiger partial charge in [-0.1, -0.05) is 20.8 Å². The predicted molar refractivity (Wildman–Crippen MR) is 203 cm³/mol. The minimum Gasteiger partial charge on any atom is -0.503 e. The summed E-state index contributed by atoms with van der Waals surface area (Å²) in [7, 11) is 0. The van der Waals surface area contributed by atoms with Crippen LogP contribution in [-0.2, 0) is 9.59 Å². The Morgan fingerprint density at radius 3 is 1.36 bits per heavy atom. The van der Waals surface area contributed by atoms with Gasteiger partial charge in [0.25, 0.3) is 11.8 Å². The van der Waals surface area contributed by atoms with Crippen molar-refractivity contribution in [3.05, 3.63) is 112 Å². The molecule has 0 fully saturated rings. The van der Waals surface area contributed by atoms with Gasteiger partial charge in [0.15, 0.2) is 40.5 Å². The number of phenols is 2. The smallest absolute Gasteiger partial charge is 0.503 e. The SMILES string of the molecule is CC(=O)Oc1c(C)n(C(=O)c2ccc(OC(F)(F)F)cc2)c2cc(F)c(O)c(F)c12.Cc1c(C(C(=O)O)C(C)(C)C)c2c(F)c(O)c(F)cc2n1C(=O)c1ccc(OC(F)(F)F)cc1. The molecule has 340 valence electrons. The second-order valence-electron chi connectivity index (χ2n) is 14.9. The van der Waals surface area contributed by atoms with E-state index in [1.807, 2.05) is 0 Å². The number of carbonyl (C=O) groups is 4. The van der Waals surface area contributed by atoms with E-state index in [0.717, 1.165) is 64.6 Å². The molecule has 0 saturated carbocycles. The van der Waals surface area contributed by atoms with Gasteiger partial charge >= 0.3 is 24.7 Å². The number of alkyl halides is 6. The van der Waals surface area contributed by atoms with Crippen LogP contribution < -0.4 is 14.2 Å². The van der Waals surface area contributed by atoms with Crippen molar-refractivity contribution in [1.82, 2.24) is 9.13 Å². The quantitative estimate of drug-likeness (QED) is 0.104. The van der Waals surface area contributed by atoms with Crippen molar-refractivity contribution in [1.29, 1.82) is 0 Å². The van der Waals surface area contributed by atoms with Crippen LogP contribution in [0.3, 0.4) is 0 Å². The molecule has 64 heavy (non-hydrogen) atoms. The van der Waals surface area contributed by atoms with Gasteiger partial charge < -0.3 is 29.5 Å². The number of esters is 1. The van der Waals surface area contributed by atoms with E-state index in [0.29, 0.717) is 12.1 Å². The van der Waals surface area contributed by atoms with E-state index in [1.165, 1.54) is 13.8 Å². The van der Waals surface area contributed by atoms with E-state index in [-0.39, 0.29) is 39.1 Å². The number of fused-ring (bicyclic) bond motifs is 2. The van der Waals surface area contributed by atoms with Crippen LogP contribution in [0.2, 0.25) is 0 Å². The molecule has 0 amide bonds. The summed E-state index contributed by atoms with van der Waals surface area (Å²) in [6.45, 7) is 8.38. The molecule has 0 radical (unpaired) electrons. The Bertz CT molecular complexity index is 2840. The van der Waals surface area contributed by atoms with Crippen molar-refractivity contribution in [3.63, 3.8) is 0 Å². The number of nitrogens with zero attached hydrogens (tertiary/aromatic N) is 2. The zero-order valence-electron chi connectivity index (χ0n) is 33.7. The zero-order valence-corrected chi connectivity index (χ0v) is 33.7. The van der Waals surface area contributed by atoms with Crippen molar-refractivity contribution in [2.45, 2.75) is 60.2 Å². The molecule has 0 aliphatic heterocycles. The number of ether oxygens (including phenoxy) is 3. The highest BCUT2D eigenvalue weighted by atomic mass is 19.4.